The Labute approximate surface area is 133 Å². The molecule has 3 rings (SSSR count). The maximum Gasteiger partial charge on any atom is 0.224 e. The molecule has 2 saturated heterocycles. The van der Waals surface area contributed by atoms with E-state index in [4.69, 9.17) is 0 Å². The van der Waals surface area contributed by atoms with Crippen LogP contribution in [-0.4, -0.2) is 45.5 Å². The van der Waals surface area contributed by atoms with E-state index in [0.29, 0.717) is 30.5 Å². The predicted octanol–water partition coefficient (Wildman–Crippen LogP) is 2.14. The van der Waals surface area contributed by atoms with Gasteiger partial charge in [-0.1, -0.05) is 13.8 Å². The Bertz CT molecular complexity index is 512. The van der Waals surface area contributed by atoms with E-state index < -0.39 is 0 Å². The zero-order valence-electron chi connectivity index (χ0n) is 14.0. The first-order chi connectivity index (χ1) is 10.5. The van der Waals surface area contributed by atoms with Crippen LogP contribution in [0.2, 0.25) is 0 Å². The van der Waals surface area contributed by atoms with E-state index in [2.05, 4.69) is 28.7 Å². The lowest BCUT2D eigenvalue weighted by molar-refractivity contribution is -0.132. The number of carbonyl (C=O) groups is 1. The molecule has 2 aliphatic heterocycles. The molecular weight excluding hydrogens is 276 g/mol. The zero-order valence-corrected chi connectivity index (χ0v) is 14.0. The summed E-state index contributed by atoms with van der Waals surface area (Å²) in [5, 5.41) is 3.64. The van der Waals surface area contributed by atoms with Gasteiger partial charge in [0.15, 0.2) is 0 Å². The largest absolute Gasteiger partial charge is 0.343 e. The summed E-state index contributed by atoms with van der Waals surface area (Å²) in [6.07, 6.45) is 9.14. The van der Waals surface area contributed by atoms with E-state index in [1.54, 1.807) is 0 Å². The van der Waals surface area contributed by atoms with Gasteiger partial charge in [-0.05, 0) is 25.7 Å². The van der Waals surface area contributed by atoms with Crippen molar-refractivity contribution in [3.63, 3.8) is 0 Å². The molecular formula is C17H28N4O. The second kappa shape index (κ2) is 6.41. The second-order valence-electron chi connectivity index (χ2n) is 7.15. The number of fused-ring (bicyclic) bond motifs is 2. The summed E-state index contributed by atoms with van der Waals surface area (Å²) in [5.74, 6) is 1.72. The van der Waals surface area contributed by atoms with Gasteiger partial charge in [-0.2, -0.15) is 0 Å². The topological polar surface area (TPSA) is 50.2 Å². The van der Waals surface area contributed by atoms with E-state index >= 15 is 0 Å². The third-order valence-corrected chi connectivity index (χ3v) is 5.22. The fourth-order valence-electron chi connectivity index (χ4n) is 3.95. The molecule has 0 saturated carbocycles. The lowest BCUT2D eigenvalue weighted by Crippen LogP contribution is -2.48. The van der Waals surface area contributed by atoms with Crippen LogP contribution in [0.4, 0.5) is 0 Å². The van der Waals surface area contributed by atoms with Crippen molar-refractivity contribution in [2.45, 2.75) is 76.5 Å². The minimum Gasteiger partial charge on any atom is -0.343 e. The highest BCUT2D eigenvalue weighted by molar-refractivity contribution is 5.76. The summed E-state index contributed by atoms with van der Waals surface area (Å²) < 4.78 is 2.11. The molecule has 0 radical (unpaired) electrons. The lowest BCUT2D eigenvalue weighted by Gasteiger charge is -2.35. The van der Waals surface area contributed by atoms with Crippen LogP contribution in [0, 0.1) is 0 Å². The molecule has 0 aliphatic carbocycles. The van der Waals surface area contributed by atoms with Gasteiger partial charge in [0.2, 0.25) is 5.91 Å². The summed E-state index contributed by atoms with van der Waals surface area (Å²) in [4.78, 5) is 18.9. The van der Waals surface area contributed by atoms with Crippen molar-refractivity contribution >= 4 is 5.91 Å². The number of carbonyl (C=O) groups excluding carboxylic acids is 1. The van der Waals surface area contributed by atoms with E-state index in [-0.39, 0.29) is 5.91 Å². The Kier molecular flexibility index (Phi) is 4.52. The van der Waals surface area contributed by atoms with Gasteiger partial charge in [-0.3, -0.25) is 4.79 Å². The highest BCUT2D eigenvalue weighted by atomic mass is 16.2. The van der Waals surface area contributed by atoms with Gasteiger partial charge >= 0.3 is 0 Å². The van der Waals surface area contributed by atoms with Gasteiger partial charge < -0.3 is 14.8 Å². The van der Waals surface area contributed by atoms with Crippen LogP contribution in [0.3, 0.4) is 0 Å². The molecule has 2 unspecified atom stereocenters. The summed E-state index contributed by atoms with van der Waals surface area (Å²) in [6, 6.07) is 1.67. The van der Waals surface area contributed by atoms with Crippen LogP contribution in [0.15, 0.2) is 12.4 Å². The summed E-state index contributed by atoms with van der Waals surface area (Å²) in [7, 11) is 1.98. The predicted molar refractivity (Wildman–Crippen MR) is 86.7 cm³/mol. The fourth-order valence-corrected chi connectivity index (χ4v) is 3.95. The van der Waals surface area contributed by atoms with Crippen LogP contribution < -0.4 is 5.32 Å². The maximum atomic E-state index is 12.5. The number of aromatic nitrogens is 2. The molecule has 22 heavy (non-hydrogen) atoms. The fraction of sp³-hybridized carbons (Fsp3) is 0.765. The molecule has 2 atom stereocenters. The van der Waals surface area contributed by atoms with Crippen molar-refractivity contribution in [2.75, 3.05) is 7.05 Å². The molecule has 3 heterocycles. The Morgan fingerprint density at radius 1 is 1.41 bits per heavy atom. The highest BCUT2D eigenvalue weighted by Crippen LogP contribution is 2.29. The van der Waals surface area contributed by atoms with Crippen molar-refractivity contribution in [2.24, 2.45) is 0 Å². The minimum atomic E-state index is 0.259. The summed E-state index contributed by atoms with van der Waals surface area (Å²) >= 11 is 0. The van der Waals surface area contributed by atoms with E-state index in [0.717, 1.165) is 25.2 Å². The molecule has 0 aromatic carbocycles. The van der Waals surface area contributed by atoms with Crippen molar-refractivity contribution in [3.8, 4) is 0 Å². The SMILES string of the molecule is CC(C)c1nccn1CCC(=O)N(C)C1CC2CCC(C1)N2. The van der Waals surface area contributed by atoms with Gasteiger partial charge in [0.05, 0.1) is 0 Å². The molecule has 5 heteroatoms. The number of rotatable bonds is 5. The van der Waals surface area contributed by atoms with Crippen LogP contribution in [0.25, 0.3) is 0 Å². The minimum absolute atomic E-state index is 0.259. The van der Waals surface area contributed by atoms with Crippen molar-refractivity contribution < 1.29 is 4.79 Å². The molecule has 2 aliphatic rings. The van der Waals surface area contributed by atoms with Crippen molar-refractivity contribution in [3.05, 3.63) is 18.2 Å². The third-order valence-electron chi connectivity index (χ3n) is 5.22. The first-order valence-corrected chi connectivity index (χ1v) is 8.57. The molecule has 1 aromatic heterocycles. The Balaban J connectivity index is 1.54. The van der Waals surface area contributed by atoms with Crippen LogP contribution >= 0.6 is 0 Å². The molecule has 1 aromatic rings. The number of imidazole rings is 1. The monoisotopic (exact) mass is 304 g/mol. The number of hydrogen-bond acceptors (Lipinski definition) is 3. The summed E-state index contributed by atoms with van der Waals surface area (Å²) in [5.41, 5.74) is 0. The van der Waals surface area contributed by atoms with E-state index in [9.17, 15) is 4.79 Å². The molecule has 122 valence electrons. The van der Waals surface area contributed by atoms with Gasteiger partial charge in [0.1, 0.15) is 5.82 Å². The second-order valence-corrected chi connectivity index (χ2v) is 7.15. The van der Waals surface area contributed by atoms with Crippen LogP contribution in [0.1, 0.15) is 57.7 Å². The Hall–Kier alpha value is -1.36. The van der Waals surface area contributed by atoms with E-state index in [1.165, 1.54) is 12.8 Å². The molecule has 1 N–H and O–H groups in total. The summed E-state index contributed by atoms with van der Waals surface area (Å²) in [6.45, 7) is 5.00. The first kappa shape index (κ1) is 15.5. The van der Waals surface area contributed by atoms with Crippen molar-refractivity contribution in [1.82, 2.24) is 19.8 Å². The number of nitrogens with one attached hydrogen (secondary N) is 1. The Morgan fingerprint density at radius 3 is 2.73 bits per heavy atom. The van der Waals surface area contributed by atoms with Gasteiger partial charge in [-0.25, -0.2) is 4.98 Å². The van der Waals surface area contributed by atoms with Gasteiger partial charge in [0, 0.05) is 56.5 Å². The normalized spacial score (nSPS) is 27.4. The molecule has 1 amide bonds. The average Bonchev–Trinajstić information content (AvgIpc) is 3.10. The van der Waals surface area contributed by atoms with E-state index in [1.807, 2.05) is 24.3 Å². The van der Waals surface area contributed by atoms with Crippen LogP contribution in [-0.2, 0) is 11.3 Å². The number of aryl methyl sites for hydroxylation is 1. The van der Waals surface area contributed by atoms with Gasteiger partial charge in [0.25, 0.3) is 0 Å². The first-order valence-electron chi connectivity index (χ1n) is 8.57. The number of amides is 1. The highest BCUT2D eigenvalue weighted by Gasteiger charge is 2.36. The molecule has 2 bridgehead atoms. The third kappa shape index (κ3) is 3.19. The average molecular weight is 304 g/mol. The standard InChI is InChI=1S/C17H28N4O/c1-12(2)17-18-7-9-21(17)8-6-16(22)20(3)15-10-13-4-5-14(11-15)19-13/h7,9,12-15,19H,4-6,8,10-11H2,1-3H3. The Morgan fingerprint density at radius 2 is 2.09 bits per heavy atom. The van der Waals surface area contributed by atoms with Crippen molar-refractivity contribution in [1.29, 1.82) is 0 Å². The van der Waals surface area contributed by atoms with Crippen LogP contribution in [0.5, 0.6) is 0 Å². The molecule has 2 fully saturated rings. The molecule has 5 nitrogen and oxygen atoms in total. The zero-order chi connectivity index (χ0) is 15.7. The maximum absolute atomic E-state index is 12.5. The number of nitrogens with zero attached hydrogens (tertiary/aromatic N) is 3. The lowest BCUT2D eigenvalue weighted by atomic mass is 9.98. The molecule has 0 spiro atoms. The smallest absolute Gasteiger partial charge is 0.224 e. The number of hydrogen-bond donors (Lipinski definition) is 1. The quantitative estimate of drug-likeness (QED) is 0.907. The number of piperidine rings is 1. The van der Waals surface area contributed by atoms with Gasteiger partial charge in [-0.15, -0.1) is 0 Å².